The standard InChI is InChI=1S/C20H20ClN3O3/c1-26-17-8-7-14(19(9-17)27-2)10-22-20(25)16-11-23-24(13-16)12-15-5-3-4-6-18(15)21/h3-9,11,13H,10,12H2,1-2H3,(H,22,25). The molecule has 0 aliphatic carbocycles. The van der Waals surface area contributed by atoms with Gasteiger partial charge in [0, 0.05) is 29.4 Å². The first kappa shape index (κ1) is 18.8. The molecule has 3 rings (SSSR count). The van der Waals surface area contributed by atoms with Gasteiger partial charge in [-0.2, -0.15) is 5.10 Å². The summed E-state index contributed by atoms with van der Waals surface area (Å²) in [6, 6.07) is 13.0. The lowest BCUT2D eigenvalue weighted by atomic mass is 10.2. The molecule has 7 heteroatoms. The Morgan fingerprint density at radius 2 is 1.96 bits per heavy atom. The third-order valence-corrected chi connectivity index (χ3v) is 4.49. The van der Waals surface area contributed by atoms with Gasteiger partial charge in [0.15, 0.2) is 0 Å². The monoisotopic (exact) mass is 385 g/mol. The molecule has 0 aliphatic rings. The molecule has 0 radical (unpaired) electrons. The fraction of sp³-hybridized carbons (Fsp3) is 0.200. The molecule has 6 nitrogen and oxygen atoms in total. The minimum atomic E-state index is -0.210. The van der Waals surface area contributed by atoms with Crippen LogP contribution in [0.2, 0.25) is 5.02 Å². The number of hydrogen-bond donors (Lipinski definition) is 1. The summed E-state index contributed by atoms with van der Waals surface area (Å²) in [6.45, 7) is 0.834. The fourth-order valence-corrected chi connectivity index (χ4v) is 2.84. The second-order valence-electron chi connectivity index (χ2n) is 5.88. The van der Waals surface area contributed by atoms with Crippen molar-refractivity contribution in [3.8, 4) is 11.5 Å². The Labute approximate surface area is 162 Å². The first-order valence-corrected chi connectivity index (χ1v) is 8.73. The molecule has 1 amide bonds. The van der Waals surface area contributed by atoms with Gasteiger partial charge in [0.2, 0.25) is 0 Å². The quantitative estimate of drug-likeness (QED) is 0.675. The van der Waals surface area contributed by atoms with Crippen LogP contribution in [0.5, 0.6) is 11.5 Å². The zero-order chi connectivity index (χ0) is 19.2. The normalized spacial score (nSPS) is 10.5. The number of ether oxygens (including phenoxy) is 2. The van der Waals surface area contributed by atoms with Crippen LogP contribution in [0.1, 0.15) is 21.5 Å². The molecule has 27 heavy (non-hydrogen) atoms. The minimum Gasteiger partial charge on any atom is -0.497 e. The van der Waals surface area contributed by atoms with Crippen molar-refractivity contribution >= 4 is 17.5 Å². The lowest BCUT2D eigenvalue weighted by Gasteiger charge is -2.11. The highest BCUT2D eigenvalue weighted by Crippen LogP contribution is 2.24. The maximum Gasteiger partial charge on any atom is 0.254 e. The van der Waals surface area contributed by atoms with Crippen molar-refractivity contribution in [1.29, 1.82) is 0 Å². The molecule has 0 spiro atoms. The molecule has 0 atom stereocenters. The van der Waals surface area contributed by atoms with Gasteiger partial charge in [-0.3, -0.25) is 9.48 Å². The van der Waals surface area contributed by atoms with Gasteiger partial charge in [0.25, 0.3) is 5.91 Å². The van der Waals surface area contributed by atoms with Crippen molar-refractivity contribution in [2.24, 2.45) is 0 Å². The van der Waals surface area contributed by atoms with E-state index in [0.717, 1.165) is 11.1 Å². The van der Waals surface area contributed by atoms with Gasteiger partial charge in [-0.25, -0.2) is 0 Å². The van der Waals surface area contributed by atoms with E-state index in [2.05, 4.69) is 10.4 Å². The maximum absolute atomic E-state index is 12.4. The molecule has 0 saturated carbocycles. The van der Waals surface area contributed by atoms with E-state index in [9.17, 15) is 4.79 Å². The summed E-state index contributed by atoms with van der Waals surface area (Å²) in [5, 5.41) is 7.79. The van der Waals surface area contributed by atoms with Crippen LogP contribution in [0.15, 0.2) is 54.9 Å². The molecule has 3 aromatic rings. The average Bonchev–Trinajstić information content (AvgIpc) is 3.16. The Bertz CT molecular complexity index is 940. The van der Waals surface area contributed by atoms with Gasteiger partial charge in [-0.15, -0.1) is 0 Å². The maximum atomic E-state index is 12.4. The Hall–Kier alpha value is -2.99. The van der Waals surface area contributed by atoms with Crippen LogP contribution < -0.4 is 14.8 Å². The molecule has 1 N–H and O–H groups in total. The van der Waals surface area contributed by atoms with E-state index in [-0.39, 0.29) is 5.91 Å². The lowest BCUT2D eigenvalue weighted by Crippen LogP contribution is -2.22. The summed E-state index contributed by atoms with van der Waals surface area (Å²) in [6.07, 6.45) is 3.24. The van der Waals surface area contributed by atoms with Crippen LogP contribution in [0.4, 0.5) is 0 Å². The third kappa shape index (κ3) is 4.60. The van der Waals surface area contributed by atoms with E-state index in [0.29, 0.717) is 35.2 Å². The summed E-state index contributed by atoms with van der Waals surface area (Å²) in [7, 11) is 3.18. The predicted molar refractivity (Wildman–Crippen MR) is 103 cm³/mol. The van der Waals surface area contributed by atoms with Crippen LogP contribution in [0, 0.1) is 0 Å². The second-order valence-corrected chi connectivity index (χ2v) is 6.29. The van der Waals surface area contributed by atoms with Crippen LogP contribution in [-0.4, -0.2) is 29.9 Å². The smallest absolute Gasteiger partial charge is 0.254 e. The summed E-state index contributed by atoms with van der Waals surface area (Å²) < 4.78 is 12.2. The van der Waals surface area contributed by atoms with Crippen molar-refractivity contribution in [3.63, 3.8) is 0 Å². The Kier molecular flexibility index (Phi) is 5.98. The highest BCUT2D eigenvalue weighted by atomic mass is 35.5. The summed E-state index contributed by atoms with van der Waals surface area (Å²) >= 11 is 6.17. The predicted octanol–water partition coefficient (Wildman–Crippen LogP) is 3.53. The van der Waals surface area contributed by atoms with Crippen molar-refractivity contribution < 1.29 is 14.3 Å². The van der Waals surface area contributed by atoms with E-state index >= 15 is 0 Å². The third-order valence-electron chi connectivity index (χ3n) is 4.12. The number of rotatable bonds is 7. The van der Waals surface area contributed by atoms with Crippen LogP contribution in [0.25, 0.3) is 0 Å². The number of nitrogens with zero attached hydrogens (tertiary/aromatic N) is 2. The van der Waals surface area contributed by atoms with E-state index in [1.165, 1.54) is 6.20 Å². The first-order valence-electron chi connectivity index (χ1n) is 8.35. The number of carbonyl (C=O) groups excluding carboxylic acids is 1. The lowest BCUT2D eigenvalue weighted by molar-refractivity contribution is 0.0950. The van der Waals surface area contributed by atoms with Crippen molar-refractivity contribution in [2.75, 3.05) is 14.2 Å². The number of carbonyl (C=O) groups is 1. The van der Waals surface area contributed by atoms with Gasteiger partial charge >= 0.3 is 0 Å². The number of halogens is 1. The largest absolute Gasteiger partial charge is 0.497 e. The molecule has 2 aromatic carbocycles. The zero-order valence-electron chi connectivity index (χ0n) is 15.1. The number of methoxy groups -OCH3 is 2. The molecule has 0 aliphatic heterocycles. The van der Waals surface area contributed by atoms with E-state index in [1.807, 2.05) is 36.4 Å². The summed E-state index contributed by atoms with van der Waals surface area (Å²) in [5.41, 5.74) is 2.28. The van der Waals surface area contributed by atoms with E-state index in [1.54, 1.807) is 31.2 Å². The molecule has 1 aromatic heterocycles. The number of nitrogens with one attached hydrogen (secondary N) is 1. The SMILES string of the molecule is COc1ccc(CNC(=O)c2cnn(Cc3ccccc3Cl)c2)c(OC)c1. The molecule has 0 unspecified atom stereocenters. The molecule has 0 fully saturated rings. The minimum absolute atomic E-state index is 0.210. The van der Waals surface area contributed by atoms with Crippen molar-refractivity contribution in [3.05, 3.63) is 76.6 Å². The molecule has 0 saturated heterocycles. The van der Waals surface area contributed by atoms with Crippen LogP contribution >= 0.6 is 11.6 Å². The summed E-state index contributed by atoms with van der Waals surface area (Å²) in [5.74, 6) is 1.14. The van der Waals surface area contributed by atoms with Crippen LogP contribution in [-0.2, 0) is 13.1 Å². The van der Waals surface area contributed by atoms with Crippen molar-refractivity contribution in [1.82, 2.24) is 15.1 Å². The van der Waals surface area contributed by atoms with Crippen LogP contribution in [0.3, 0.4) is 0 Å². The fourth-order valence-electron chi connectivity index (χ4n) is 2.64. The topological polar surface area (TPSA) is 65.4 Å². The number of amides is 1. The van der Waals surface area contributed by atoms with Crippen molar-refractivity contribution in [2.45, 2.75) is 13.1 Å². The molecule has 0 bridgehead atoms. The number of hydrogen-bond acceptors (Lipinski definition) is 4. The Balaban J connectivity index is 1.64. The van der Waals surface area contributed by atoms with E-state index < -0.39 is 0 Å². The Morgan fingerprint density at radius 3 is 2.70 bits per heavy atom. The van der Waals surface area contributed by atoms with Gasteiger partial charge < -0.3 is 14.8 Å². The second kappa shape index (κ2) is 8.60. The number of benzene rings is 2. The van der Waals surface area contributed by atoms with Gasteiger partial charge in [-0.05, 0) is 23.8 Å². The highest BCUT2D eigenvalue weighted by molar-refractivity contribution is 6.31. The average molecular weight is 386 g/mol. The molecular formula is C20H20ClN3O3. The molecule has 140 valence electrons. The highest BCUT2D eigenvalue weighted by Gasteiger charge is 2.11. The van der Waals surface area contributed by atoms with Gasteiger partial charge in [0.1, 0.15) is 11.5 Å². The molecule has 1 heterocycles. The Morgan fingerprint density at radius 1 is 1.15 bits per heavy atom. The summed E-state index contributed by atoms with van der Waals surface area (Å²) in [4.78, 5) is 12.4. The zero-order valence-corrected chi connectivity index (χ0v) is 15.9. The molecular weight excluding hydrogens is 366 g/mol. The first-order chi connectivity index (χ1) is 13.1. The van der Waals surface area contributed by atoms with Gasteiger partial charge in [-0.1, -0.05) is 29.8 Å². The van der Waals surface area contributed by atoms with Gasteiger partial charge in [0.05, 0.1) is 32.5 Å². The van der Waals surface area contributed by atoms with E-state index in [4.69, 9.17) is 21.1 Å². The number of aromatic nitrogens is 2.